The number of allylic oxidation sites excluding steroid dienone is 3. The molecule has 2 rings (SSSR count). The summed E-state index contributed by atoms with van der Waals surface area (Å²) in [7, 11) is 0. The Kier molecular flexibility index (Phi) is 3.19. The maximum Gasteiger partial charge on any atom is 0.205 e. The van der Waals surface area contributed by atoms with Gasteiger partial charge in [-0.15, -0.1) is 0 Å². The van der Waals surface area contributed by atoms with Gasteiger partial charge in [-0.25, -0.2) is 0 Å². The average Bonchev–Trinajstić information content (AvgIpc) is 2.32. The Hall–Kier alpha value is -1.03. The second-order valence-corrected chi connectivity index (χ2v) is 5.30. The van der Waals surface area contributed by atoms with E-state index in [4.69, 9.17) is 0 Å². The Morgan fingerprint density at radius 2 is 1.75 bits per heavy atom. The lowest BCUT2D eigenvalue weighted by Crippen LogP contribution is -2.37. The van der Waals surface area contributed by atoms with Gasteiger partial charge in [-0.2, -0.15) is 11.8 Å². The standard InChI is InChI=1S/C12H15NO2S/c1-8-9(2)12(15)10(7-11(8)14)13-3-5-16-6-4-13/h7H,3-6H2,1-2H3. The van der Waals surface area contributed by atoms with E-state index in [0.717, 1.165) is 24.6 Å². The molecule has 0 N–H and O–H groups in total. The summed E-state index contributed by atoms with van der Waals surface area (Å²) in [4.78, 5) is 25.8. The molecule has 0 atom stereocenters. The zero-order valence-corrected chi connectivity index (χ0v) is 10.4. The second kappa shape index (κ2) is 4.45. The summed E-state index contributed by atoms with van der Waals surface area (Å²) in [5, 5.41) is 0. The third kappa shape index (κ3) is 1.94. The van der Waals surface area contributed by atoms with Gasteiger partial charge >= 0.3 is 0 Å². The van der Waals surface area contributed by atoms with Crippen molar-refractivity contribution in [3.8, 4) is 0 Å². The number of nitrogens with zero attached hydrogens (tertiary/aromatic N) is 1. The van der Waals surface area contributed by atoms with Crippen LogP contribution in [0.5, 0.6) is 0 Å². The molecule has 0 radical (unpaired) electrons. The van der Waals surface area contributed by atoms with Crippen LogP contribution in [0.25, 0.3) is 0 Å². The highest BCUT2D eigenvalue weighted by Gasteiger charge is 2.27. The van der Waals surface area contributed by atoms with Crippen LogP contribution in [-0.4, -0.2) is 41.1 Å². The summed E-state index contributed by atoms with van der Waals surface area (Å²) < 4.78 is 0. The van der Waals surface area contributed by atoms with Crippen molar-refractivity contribution in [2.75, 3.05) is 24.6 Å². The minimum absolute atomic E-state index is 0.0176. The highest BCUT2D eigenvalue weighted by Crippen LogP contribution is 2.23. The maximum atomic E-state index is 12.1. The van der Waals surface area contributed by atoms with Crippen LogP contribution in [0.3, 0.4) is 0 Å². The Labute approximate surface area is 99.6 Å². The molecule has 1 heterocycles. The Balaban J connectivity index is 2.26. The van der Waals surface area contributed by atoms with Gasteiger partial charge < -0.3 is 4.90 Å². The van der Waals surface area contributed by atoms with Gasteiger partial charge in [-0.3, -0.25) is 9.59 Å². The quantitative estimate of drug-likeness (QED) is 0.646. The van der Waals surface area contributed by atoms with E-state index >= 15 is 0 Å². The highest BCUT2D eigenvalue weighted by molar-refractivity contribution is 7.99. The number of hydrogen-bond acceptors (Lipinski definition) is 4. The number of carbonyl (C=O) groups excluding carboxylic acids is 2. The lowest BCUT2D eigenvalue weighted by molar-refractivity contribution is -0.117. The van der Waals surface area contributed by atoms with E-state index in [9.17, 15) is 9.59 Å². The summed E-state index contributed by atoms with van der Waals surface area (Å²) >= 11 is 1.89. The van der Waals surface area contributed by atoms with Crippen molar-refractivity contribution in [2.24, 2.45) is 0 Å². The van der Waals surface area contributed by atoms with Crippen molar-refractivity contribution in [1.29, 1.82) is 0 Å². The van der Waals surface area contributed by atoms with Gasteiger partial charge in [-0.05, 0) is 13.8 Å². The molecular formula is C12H15NO2S. The molecule has 2 aliphatic rings. The normalized spacial score (nSPS) is 22.6. The van der Waals surface area contributed by atoms with Crippen molar-refractivity contribution < 1.29 is 9.59 Å². The molecule has 1 fully saturated rings. The van der Waals surface area contributed by atoms with Crippen LogP contribution in [0, 0.1) is 0 Å². The predicted octanol–water partition coefficient (Wildman–Crippen LogP) is 1.41. The van der Waals surface area contributed by atoms with Crippen molar-refractivity contribution in [3.05, 3.63) is 22.9 Å². The van der Waals surface area contributed by atoms with E-state index in [2.05, 4.69) is 0 Å². The van der Waals surface area contributed by atoms with Gasteiger partial charge in [0, 0.05) is 41.8 Å². The molecule has 1 aliphatic heterocycles. The van der Waals surface area contributed by atoms with Crippen molar-refractivity contribution in [1.82, 2.24) is 4.90 Å². The lowest BCUT2D eigenvalue weighted by atomic mass is 9.94. The van der Waals surface area contributed by atoms with E-state index < -0.39 is 0 Å². The zero-order valence-electron chi connectivity index (χ0n) is 9.58. The molecule has 0 aromatic carbocycles. The molecule has 0 aromatic rings. The van der Waals surface area contributed by atoms with Gasteiger partial charge in [0.2, 0.25) is 5.78 Å². The number of rotatable bonds is 1. The molecule has 3 nitrogen and oxygen atoms in total. The van der Waals surface area contributed by atoms with E-state index in [0.29, 0.717) is 16.8 Å². The molecule has 0 bridgehead atoms. The van der Waals surface area contributed by atoms with E-state index in [1.165, 1.54) is 6.08 Å². The van der Waals surface area contributed by atoms with Crippen LogP contribution in [0.1, 0.15) is 13.8 Å². The van der Waals surface area contributed by atoms with Crippen molar-refractivity contribution in [2.45, 2.75) is 13.8 Å². The highest BCUT2D eigenvalue weighted by atomic mass is 32.2. The molecular weight excluding hydrogens is 222 g/mol. The lowest BCUT2D eigenvalue weighted by Gasteiger charge is -2.31. The Morgan fingerprint density at radius 1 is 1.12 bits per heavy atom. The molecule has 0 aromatic heterocycles. The van der Waals surface area contributed by atoms with Crippen LogP contribution in [-0.2, 0) is 9.59 Å². The summed E-state index contributed by atoms with van der Waals surface area (Å²) in [6, 6.07) is 0. The third-order valence-electron chi connectivity index (χ3n) is 3.12. The first-order chi connectivity index (χ1) is 7.61. The fourth-order valence-corrected chi connectivity index (χ4v) is 2.79. The number of hydrogen-bond donors (Lipinski definition) is 0. The summed E-state index contributed by atoms with van der Waals surface area (Å²) in [5.74, 6) is 2.05. The first-order valence-electron chi connectivity index (χ1n) is 5.42. The number of carbonyl (C=O) groups is 2. The number of thioether (sulfide) groups is 1. The summed E-state index contributed by atoms with van der Waals surface area (Å²) in [6.07, 6.45) is 1.50. The van der Waals surface area contributed by atoms with Gasteiger partial charge in [0.25, 0.3) is 0 Å². The molecule has 1 saturated heterocycles. The monoisotopic (exact) mass is 237 g/mol. The van der Waals surface area contributed by atoms with Crippen molar-refractivity contribution >= 4 is 23.3 Å². The second-order valence-electron chi connectivity index (χ2n) is 4.07. The SMILES string of the molecule is CC1=C(C)C(=O)C(N2CCSCC2)=CC1=O. The molecule has 0 amide bonds. The molecule has 1 aliphatic carbocycles. The first kappa shape index (κ1) is 11.5. The third-order valence-corrected chi connectivity index (χ3v) is 4.07. The fraction of sp³-hybridized carbons (Fsp3) is 0.500. The minimum Gasteiger partial charge on any atom is -0.367 e. The van der Waals surface area contributed by atoms with Gasteiger partial charge in [-0.1, -0.05) is 0 Å². The summed E-state index contributed by atoms with van der Waals surface area (Å²) in [5.41, 5.74) is 1.77. The molecule has 0 saturated carbocycles. The largest absolute Gasteiger partial charge is 0.367 e. The van der Waals surface area contributed by atoms with Gasteiger partial charge in [0.1, 0.15) is 0 Å². The Bertz CT molecular complexity index is 403. The molecule has 4 heteroatoms. The van der Waals surface area contributed by atoms with Crippen LogP contribution in [0.15, 0.2) is 22.9 Å². The van der Waals surface area contributed by atoms with E-state index in [1.54, 1.807) is 13.8 Å². The van der Waals surface area contributed by atoms with Crippen LogP contribution < -0.4 is 0 Å². The smallest absolute Gasteiger partial charge is 0.205 e. The van der Waals surface area contributed by atoms with Gasteiger partial charge in [0.05, 0.1) is 5.70 Å². The Morgan fingerprint density at radius 3 is 2.38 bits per heavy atom. The maximum absolute atomic E-state index is 12.1. The van der Waals surface area contributed by atoms with Crippen molar-refractivity contribution in [3.63, 3.8) is 0 Å². The van der Waals surface area contributed by atoms with Gasteiger partial charge in [0.15, 0.2) is 5.78 Å². The summed E-state index contributed by atoms with van der Waals surface area (Å²) in [6.45, 7) is 5.18. The molecule has 0 unspecified atom stereocenters. The molecule has 16 heavy (non-hydrogen) atoms. The van der Waals surface area contributed by atoms with Crippen LogP contribution in [0.2, 0.25) is 0 Å². The minimum atomic E-state index is -0.0228. The fourth-order valence-electron chi connectivity index (χ4n) is 1.88. The van der Waals surface area contributed by atoms with E-state index in [1.807, 2.05) is 16.7 Å². The zero-order chi connectivity index (χ0) is 11.7. The van der Waals surface area contributed by atoms with Crippen LogP contribution >= 0.6 is 11.8 Å². The molecule has 86 valence electrons. The van der Waals surface area contributed by atoms with E-state index in [-0.39, 0.29) is 11.6 Å². The number of ketones is 2. The average molecular weight is 237 g/mol. The topological polar surface area (TPSA) is 37.4 Å². The predicted molar refractivity (Wildman–Crippen MR) is 65.4 cm³/mol. The molecule has 0 spiro atoms. The van der Waals surface area contributed by atoms with Crippen LogP contribution in [0.4, 0.5) is 0 Å². The first-order valence-corrected chi connectivity index (χ1v) is 6.57. The number of Topliss-reactive ketones (excluding diaryl/α,β-unsaturated/α-hetero) is 1.